The van der Waals surface area contributed by atoms with Gasteiger partial charge in [-0.2, -0.15) is 0 Å². The number of hydrogen-bond acceptors (Lipinski definition) is 5. The van der Waals surface area contributed by atoms with Crippen LogP contribution in [0.4, 0.5) is 4.79 Å². The van der Waals surface area contributed by atoms with Gasteiger partial charge in [0.1, 0.15) is 5.60 Å². The van der Waals surface area contributed by atoms with Crippen LogP contribution in [0, 0.1) is 4.84 Å². The van der Waals surface area contributed by atoms with Crippen molar-refractivity contribution in [3.63, 3.8) is 0 Å². The van der Waals surface area contributed by atoms with Gasteiger partial charge in [0.2, 0.25) is 5.89 Å². The van der Waals surface area contributed by atoms with Gasteiger partial charge in [-0.3, -0.25) is 0 Å². The van der Waals surface area contributed by atoms with Gasteiger partial charge < -0.3 is 14.1 Å². The molecule has 0 spiro atoms. The molecule has 2 rings (SSSR count). The standard InChI is InChI=1S/C12H19N3O3S/c1-12(2,3)18-11(16)15-6-4-5-8(7-15)9-13-14-10(19)17-9/h8H,4-7H2,1-3H3,(H,14,19)/t8-/m1/s1. The lowest BCUT2D eigenvalue weighted by molar-refractivity contribution is 0.0190. The molecule has 0 unspecified atom stereocenters. The summed E-state index contributed by atoms with van der Waals surface area (Å²) >= 11 is 4.86. The number of piperidine rings is 1. The average Bonchev–Trinajstić information content (AvgIpc) is 2.74. The molecular formula is C12H19N3O3S. The molecule has 0 bridgehead atoms. The molecule has 1 aliphatic rings. The van der Waals surface area contributed by atoms with Gasteiger partial charge in [-0.25, -0.2) is 9.89 Å². The van der Waals surface area contributed by atoms with Crippen molar-refractivity contribution in [2.45, 2.75) is 45.1 Å². The van der Waals surface area contributed by atoms with Crippen LogP contribution in [0.3, 0.4) is 0 Å². The van der Waals surface area contributed by atoms with Crippen molar-refractivity contribution in [3.8, 4) is 0 Å². The van der Waals surface area contributed by atoms with Gasteiger partial charge in [0.25, 0.3) is 4.84 Å². The first-order valence-electron chi connectivity index (χ1n) is 6.38. The summed E-state index contributed by atoms with van der Waals surface area (Å²) in [4.78, 5) is 14.0. The quantitative estimate of drug-likeness (QED) is 0.803. The largest absolute Gasteiger partial charge is 0.444 e. The SMILES string of the molecule is CC(C)(C)OC(=O)N1CCC[C@@H](c2n[nH]c(=S)o2)C1. The first-order valence-corrected chi connectivity index (χ1v) is 6.79. The Kier molecular flexibility index (Phi) is 3.93. The minimum Gasteiger partial charge on any atom is -0.444 e. The Hall–Kier alpha value is -1.37. The molecule has 1 fully saturated rings. The molecule has 0 saturated carbocycles. The molecule has 1 amide bonds. The molecule has 0 aliphatic carbocycles. The Morgan fingerprint density at radius 3 is 2.89 bits per heavy atom. The molecule has 19 heavy (non-hydrogen) atoms. The monoisotopic (exact) mass is 285 g/mol. The molecule has 1 atom stereocenters. The summed E-state index contributed by atoms with van der Waals surface area (Å²) in [6, 6.07) is 0. The lowest BCUT2D eigenvalue weighted by atomic mass is 9.98. The van der Waals surface area contributed by atoms with E-state index < -0.39 is 5.60 Å². The van der Waals surface area contributed by atoms with E-state index in [1.165, 1.54) is 0 Å². The number of nitrogens with zero attached hydrogens (tertiary/aromatic N) is 2. The zero-order valence-corrected chi connectivity index (χ0v) is 12.2. The summed E-state index contributed by atoms with van der Waals surface area (Å²) in [6.07, 6.45) is 1.55. The first kappa shape index (κ1) is 14.0. The maximum absolute atomic E-state index is 12.0. The summed E-state index contributed by atoms with van der Waals surface area (Å²) in [5.74, 6) is 0.646. The maximum atomic E-state index is 12.0. The number of amides is 1. The van der Waals surface area contributed by atoms with Crippen LogP contribution in [0.1, 0.15) is 45.4 Å². The number of carbonyl (C=O) groups excluding carboxylic acids is 1. The third kappa shape index (κ3) is 3.79. The molecule has 1 saturated heterocycles. The second-order valence-electron chi connectivity index (χ2n) is 5.72. The fourth-order valence-corrected chi connectivity index (χ4v) is 2.22. The van der Waals surface area contributed by atoms with Crippen molar-refractivity contribution >= 4 is 18.3 Å². The molecule has 2 heterocycles. The molecule has 7 heteroatoms. The van der Waals surface area contributed by atoms with Crippen molar-refractivity contribution in [3.05, 3.63) is 10.7 Å². The third-order valence-electron chi connectivity index (χ3n) is 2.88. The third-order valence-corrected chi connectivity index (χ3v) is 3.05. The Bertz CT molecular complexity index is 503. The van der Waals surface area contributed by atoms with Crippen molar-refractivity contribution in [2.75, 3.05) is 13.1 Å². The van der Waals surface area contributed by atoms with Gasteiger partial charge in [-0.05, 0) is 45.8 Å². The predicted octanol–water partition coefficient (Wildman–Crippen LogP) is 2.85. The summed E-state index contributed by atoms with van der Waals surface area (Å²) in [7, 11) is 0. The average molecular weight is 285 g/mol. The molecule has 1 aromatic heterocycles. The van der Waals surface area contributed by atoms with Crippen LogP contribution in [0.5, 0.6) is 0 Å². The van der Waals surface area contributed by atoms with E-state index in [0.717, 1.165) is 12.8 Å². The molecule has 0 radical (unpaired) electrons. The van der Waals surface area contributed by atoms with Crippen molar-refractivity contribution in [1.82, 2.24) is 15.1 Å². The molecule has 106 valence electrons. The number of carbonyl (C=O) groups is 1. The zero-order valence-electron chi connectivity index (χ0n) is 11.4. The topological polar surface area (TPSA) is 71.4 Å². The van der Waals surface area contributed by atoms with E-state index in [9.17, 15) is 4.79 Å². The second kappa shape index (κ2) is 5.32. The molecule has 1 aliphatic heterocycles. The smallest absolute Gasteiger partial charge is 0.410 e. The van der Waals surface area contributed by atoms with Gasteiger partial charge in [-0.15, -0.1) is 5.10 Å². The van der Waals surface area contributed by atoms with Crippen molar-refractivity contribution < 1.29 is 13.9 Å². The highest BCUT2D eigenvalue weighted by Gasteiger charge is 2.30. The lowest BCUT2D eigenvalue weighted by Gasteiger charge is -2.32. The summed E-state index contributed by atoms with van der Waals surface area (Å²) < 4.78 is 10.7. The van der Waals surface area contributed by atoms with Crippen LogP contribution in [0.2, 0.25) is 0 Å². The fourth-order valence-electron chi connectivity index (χ4n) is 2.09. The molecule has 6 nitrogen and oxygen atoms in total. The molecule has 0 aromatic carbocycles. The van der Waals surface area contributed by atoms with Crippen LogP contribution in [0.15, 0.2) is 4.42 Å². The Morgan fingerprint density at radius 2 is 2.32 bits per heavy atom. The van der Waals surface area contributed by atoms with Crippen LogP contribution < -0.4 is 0 Å². The number of aromatic nitrogens is 2. The van der Waals surface area contributed by atoms with E-state index in [2.05, 4.69) is 10.2 Å². The first-order chi connectivity index (χ1) is 8.85. The summed E-state index contributed by atoms with van der Waals surface area (Å²) in [5.41, 5.74) is -0.478. The summed E-state index contributed by atoms with van der Waals surface area (Å²) in [6.45, 7) is 6.84. The molecule has 1 N–H and O–H groups in total. The van der Waals surface area contributed by atoms with Crippen LogP contribution >= 0.6 is 12.2 Å². The van der Waals surface area contributed by atoms with Crippen LogP contribution in [0.25, 0.3) is 0 Å². The molecular weight excluding hydrogens is 266 g/mol. The van der Waals surface area contributed by atoms with Gasteiger partial charge in [0.15, 0.2) is 0 Å². The van der Waals surface area contributed by atoms with E-state index in [1.807, 2.05) is 20.8 Å². The number of likely N-dealkylation sites (tertiary alicyclic amines) is 1. The van der Waals surface area contributed by atoms with Gasteiger partial charge in [0, 0.05) is 13.1 Å². The number of rotatable bonds is 1. The van der Waals surface area contributed by atoms with Crippen LogP contribution in [-0.4, -0.2) is 39.9 Å². The highest BCUT2D eigenvalue weighted by Crippen LogP contribution is 2.26. The fraction of sp³-hybridized carbons (Fsp3) is 0.750. The minimum absolute atomic E-state index is 0.0780. The van der Waals surface area contributed by atoms with Gasteiger partial charge >= 0.3 is 6.09 Å². The van der Waals surface area contributed by atoms with Crippen molar-refractivity contribution in [1.29, 1.82) is 0 Å². The number of ether oxygens (including phenoxy) is 1. The van der Waals surface area contributed by atoms with E-state index in [0.29, 0.717) is 19.0 Å². The Labute approximate surface area is 117 Å². The Balaban J connectivity index is 2.01. The molecule has 1 aromatic rings. The highest BCUT2D eigenvalue weighted by atomic mass is 32.1. The van der Waals surface area contributed by atoms with E-state index >= 15 is 0 Å². The van der Waals surface area contributed by atoms with Gasteiger partial charge in [0.05, 0.1) is 5.92 Å². The normalized spacial score (nSPS) is 20.4. The van der Waals surface area contributed by atoms with E-state index in [-0.39, 0.29) is 16.8 Å². The van der Waals surface area contributed by atoms with E-state index in [4.69, 9.17) is 21.4 Å². The number of aromatic amines is 1. The van der Waals surface area contributed by atoms with E-state index in [1.54, 1.807) is 4.90 Å². The lowest BCUT2D eigenvalue weighted by Crippen LogP contribution is -2.42. The highest BCUT2D eigenvalue weighted by molar-refractivity contribution is 7.71. The number of nitrogens with one attached hydrogen (secondary N) is 1. The van der Waals surface area contributed by atoms with Crippen LogP contribution in [-0.2, 0) is 4.74 Å². The number of H-pyrrole nitrogens is 1. The summed E-state index contributed by atoms with van der Waals surface area (Å²) in [5, 5.41) is 6.64. The predicted molar refractivity (Wildman–Crippen MR) is 71.5 cm³/mol. The number of hydrogen-bond donors (Lipinski definition) is 1. The van der Waals surface area contributed by atoms with Crippen molar-refractivity contribution in [2.24, 2.45) is 0 Å². The maximum Gasteiger partial charge on any atom is 0.410 e. The zero-order chi connectivity index (χ0) is 14.0. The van der Waals surface area contributed by atoms with Gasteiger partial charge in [-0.1, -0.05) is 0 Å². The second-order valence-corrected chi connectivity index (χ2v) is 6.09. The minimum atomic E-state index is -0.478. The Morgan fingerprint density at radius 1 is 1.58 bits per heavy atom.